The molecule has 2 aromatic carbocycles. The number of likely N-dealkylation sites (tertiary alicyclic amines) is 1. The van der Waals surface area contributed by atoms with Crippen molar-refractivity contribution in [1.82, 2.24) is 9.88 Å². The van der Waals surface area contributed by atoms with Gasteiger partial charge >= 0.3 is 0 Å². The molecule has 0 spiro atoms. The highest BCUT2D eigenvalue weighted by atomic mass is 16.5. The number of aliphatic hydroxyl groups is 1. The number of aliphatic hydroxyl groups excluding tert-OH is 1. The van der Waals surface area contributed by atoms with Gasteiger partial charge in [-0.2, -0.15) is 0 Å². The second kappa shape index (κ2) is 11.2. The predicted molar refractivity (Wildman–Crippen MR) is 146 cm³/mol. The smallest absolute Gasteiger partial charge is 0.295 e. The van der Waals surface area contributed by atoms with E-state index in [-0.39, 0.29) is 24.0 Å². The van der Waals surface area contributed by atoms with Crippen LogP contribution in [0.15, 0.2) is 66.5 Å². The first kappa shape index (κ1) is 26.3. The van der Waals surface area contributed by atoms with Gasteiger partial charge in [0.15, 0.2) is 11.5 Å². The number of aromatic nitrogens is 1. The topological polar surface area (TPSA) is 98.2 Å². The number of hydrogen-bond donors (Lipinski definition) is 1. The van der Waals surface area contributed by atoms with Crippen LogP contribution in [0, 0.1) is 0 Å². The van der Waals surface area contributed by atoms with E-state index in [1.54, 1.807) is 42.7 Å². The fourth-order valence-electron chi connectivity index (χ4n) is 5.10. The van der Waals surface area contributed by atoms with Gasteiger partial charge in [0.1, 0.15) is 17.6 Å². The Balaban J connectivity index is 1.63. The fourth-order valence-corrected chi connectivity index (χ4v) is 5.10. The van der Waals surface area contributed by atoms with Crippen molar-refractivity contribution in [2.45, 2.75) is 52.3 Å². The lowest BCUT2D eigenvalue weighted by molar-refractivity contribution is -0.140. The molecule has 8 heteroatoms. The van der Waals surface area contributed by atoms with Gasteiger partial charge < -0.3 is 24.2 Å². The van der Waals surface area contributed by atoms with E-state index < -0.39 is 17.7 Å². The van der Waals surface area contributed by atoms with Crippen molar-refractivity contribution in [2.24, 2.45) is 0 Å². The number of carbonyl (C=O) groups is 2. The van der Waals surface area contributed by atoms with Crippen LogP contribution >= 0.6 is 0 Å². The van der Waals surface area contributed by atoms with E-state index in [1.807, 2.05) is 39.0 Å². The van der Waals surface area contributed by atoms with Gasteiger partial charge in [-0.3, -0.25) is 14.6 Å². The van der Waals surface area contributed by atoms with E-state index in [0.29, 0.717) is 42.3 Å². The molecule has 0 aliphatic carbocycles. The molecule has 1 fully saturated rings. The molecule has 3 aromatic rings. The number of Topliss-reactive ketones (excluding diaryl/α,β-unsaturated/α-hetero) is 1. The summed E-state index contributed by atoms with van der Waals surface area (Å²) in [5.41, 5.74) is 2.83. The van der Waals surface area contributed by atoms with Gasteiger partial charge in [-0.25, -0.2) is 0 Å². The van der Waals surface area contributed by atoms with Crippen LogP contribution in [-0.2, 0) is 22.6 Å². The highest BCUT2D eigenvalue weighted by Gasteiger charge is 2.46. The van der Waals surface area contributed by atoms with E-state index in [2.05, 4.69) is 4.98 Å². The first-order valence-electron chi connectivity index (χ1n) is 13.3. The van der Waals surface area contributed by atoms with Crippen molar-refractivity contribution in [3.63, 3.8) is 0 Å². The summed E-state index contributed by atoms with van der Waals surface area (Å²) in [7, 11) is 0. The number of ketones is 1. The molecule has 1 saturated heterocycles. The maximum Gasteiger partial charge on any atom is 0.295 e. The summed E-state index contributed by atoms with van der Waals surface area (Å²) < 4.78 is 17.5. The predicted octanol–water partition coefficient (Wildman–Crippen LogP) is 5.21. The molecule has 2 atom stereocenters. The van der Waals surface area contributed by atoms with Crippen molar-refractivity contribution in [3.05, 3.63) is 88.8 Å². The van der Waals surface area contributed by atoms with E-state index in [0.717, 1.165) is 23.3 Å². The molecule has 2 aliphatic rings. The molecule has 39 heavy (non-hydrogen) atoms. The first-order valence-corrected chi connectivity index (χ1v) is 13.3. The Morgan fingerprint density at radius 3 is 2.69 bits per heavy atom. The van der Waals surface area contributed by atoms with Gasteiger partial charge in [-0.05, 0) is 73.4 Å². The highest BCUT2D eigenvalue weighted by molar-refractivity contribution is 6.46. The molecule has 5 rings (SSSR count). The Hall–Kier alpha value is -4.33. The van der Waals surface area contributed by atoms with Crippen molar-refractivity contribution in [1.29, 1.82) is 0 Å². The summed E-state index contributed by atoms with van der Waals surface area (Å²) in [6.45, 7) is 6.97. The summed E-state index contributed by atoms with van der Waals surface area (Å²) in [4.78, 5) is 32.6. The molecule has 0 saturated carbocycles. The second-order valence-corrected chi connectivity index (χ2v) is 9.73. The minimum Gasteiger partial charge on any atom is -0.507 e. The van der Waals surface area contributed by atoms with Gasteiger partial charge in [-0.15, -0.1) is 0 Å². The molecule has 1 amide bonds. The Bertz CT molecular complexity index is 1420. The number of fused-ring (bicyclic) bond motifs is 1. The van der Waals surface area contributed by atoms with Crippen molar-refractivity contribution in [2.75, 3.05) is 13.2 Å². The zero-order valence-corrected chi connectivity index (χ0v) is 22.3. The van der Waals surface area contributed by atoms with Crippen molar-refractivity contribution in [3.8, 4) is 17.2 Å². The summed E-state index contributed by atoms with van der Waals surface area (Å²) in [6.07, 6.45) is 4.88. The summed E-state index contributed by atoms with van der Waals surface area (Å²) in [6, 6.07) is 13.5. The number of carbonyl (C=O) groups excluding carboxylic acids is 2. The number of pyridine rings is 1. The van der Waals surface area contributed by atoms with Crippen LogP contribution in [0.4, 0.5) is 0 Å². The Morgan fingerprint density at radius 2 is 1.95 bits per heavy atom. The third-order valence-corrected chi connectivity index (χ3v) is 6.83. The lowest BCUT2D eigenvalue weighted by Gasteiger charge is -2.26. The van der Waals surface area contributed by atoms with Crippen LogP contribution in [0.1, 0.15) is 55.5 Å². The Morgan fingerprint density at radius 1 is 1.10 bits per heavy atom. The molecule has 3 heterocycles. The van der Waals surface area contributed by atoms with E-state index in [1.165, 1.54) is 4.90 Å². The molecule has 0 radical (unpaired) electrons. The molecular formula is C31H32N2O6. The van der Waals surface area contributed by atoms with Crippen molar-refractivity contribution >= 4 is 17.4 Å². The monoisotopic (exact) mass is 528 g/mol. The number of benzene rings is 2. The number of hydrogen-bond acceptors (Lipinski definition) is 7. The molecule has 202 valence electrons. The maximum atomic E-state index is 13.5. The fraction of sp³-hybridized carbons (Fsp3) is 0.323. The van der Waals surface area contributed by atoms with Crippen LogP contribution in [0.5, 0.6) is 17.2 Å². The summed E-state index contributed by atoms with van der Waals surface area (Å²) in [5, 5.41) is 11.5. The summed E-state index contributed by atoms with van der Waals surface area (Å²) >= 11 is 0. The highest BCUT2D eigenvalue weighted by Crippen LogP contribution is 2.43. The van der Waals surface area contributed by atoms with Crippen LogP contribution < -0.4 is 14.2 Å². The number of amides is 1. The largest absolute Gasteiger partial charge is 0.507 e. The average Bonchev–Trinajstić information content (AvgIpc) is 3.43. The van der Waals surface area contributed by atoms with Crippen LogP contribution in [0.25, 0.3) is 5.76 Å². The number of ether oxygens (including phenoxy) is 3. The summed E-state index contributed by atoms with van der Waals surface area (Å²) in [5.74, 6) is 0.206. The molecular weight excluding hydrogens is 496 g/mol. The zero-order chi connectivity index (χ0) is 27.5. The van der Waals surface area contributed by atoms with Crippen LogP contribution in [0.3, 0.4) is 0 Å². The molecule has 0 unspecified atom stereocenters. The van der Waals surface area contributed by atoms with Crippen molar-refractivity contribution < 1.29 is 28.9 Å². The van der Waals surface area contributed by atoms with Gasteiger partial charge in [0.05, 0.1) is 24.8 Å². The molecule has 2 aliphatic heterocycles. The third-order valence-electron chi connectivity index (χ3n) is 6.83. The molecule has 1 aromatic heterocycles. The first-order chi connectivity index (χ1) is 18.9. The van der Waals surface area contributed by atoms with Gasteiger partial charge in [0.25, 0.3) is 11.7 Å². The SMILES string of the molecule is CCCOc1ccc([C@@H]2C(=C(O)c3ccc4c(c3)C[C@H](C)O4)C(=O)C(=O)N2Cc2cccnc2)cc1OCC. The lowest BCUT2D eigenvalue weighted by Crippen LogP contribution is -2.29. The standard InChI is InChI=1S/C31H32N2O6/c1-4-13-38-25-11-8-21(16-26(25)37-5-2)28-27(29(34)22-9-10-24-23(15-22)14-19(3)39-24)30(35)31(36)33(28)18-20-7-6-12-32-17-20/h6-12,15-17,19,28,34H,4-5,13-14,18H2,1-3H3/t19-,28+/m0/s1. The minimum atomic E-state index is -0.840. The lowest BCUT2D eigenvalue weighted by atomic mass is 9.94. The van der Waals surface area contributed by atoms with Gasteiger partial charge in [-0.1, -0.05) is 19.1 Å². The van der Waals surface area contributed by atoms with E-state index in [9.17, 15) is 14.7 Å². The zero-order valence-electron chi connectivity index (χ0n) is 22.3. The minimum absolute atomic E-state index is 0.0282. The quantitative estimate of drug-likeness (QED) is 0.231. The van der Waals surface area contributed by atoms with E-state index >= 15 is 0 Å². The average molecular weight is 529 g/mol. The van der Waals surface area contributed by atoms with Crippen LogP contribution in [-0.4, -0.2) is 46.0 Å². The molecule has 8 nitrogen and oxygen atoms in total. The molecule has 0 bridgehead atoms. The number of rotatable bonds is 9. The number of nitrogens with zero attached hydrogens (tertiary/aromatic N) is 2. The normalized spacial score (nSPS) is 19.6. The van der Waals surface area contributed by atoms with Crippen LogP contribution in [0.2, 0.25) is 0 Å². The van der Waals surface area contributed by atoms with Gasteiger partial charge in [0, 0.05) is 30.9 Å². The Labute approximate surface area is 227 Å². The molecule has 1 N–H and O–H groups in total. The van der Waals surface area contributed by atoms with Gasteiger partial charge in [0.2, 0.25) is 0 Å². The third kappa shape index (κ3) is 5.19. The maximum absolute atomic E-state index is 13.5. The second-order valence-electron chi connectivity index (χ2n) is 9.73. The Kier molecular flexibility index (Phi) is 7.54. The van der Waals surface area contributed by atoms with E-state index in [4.69, 9.17) is 14.2 Å².